The number of fused-ring (bicyclic) bond motifs is 8. The van der Waals surface area contributed by atoms with Gasteiger partial charge in [0.1, 0.15) is 22.1 Å². The van der Waals surface area contributed by atoms with Crippen LogP contribution in [0.15, 0.2) is 72.8 Å². The van der Waals surface area contributed by atoms with E-state index in [2.05, 4.69) is 19.9 Å². The topological polar surface area (TPSA) is 359 Å². The van der Waals surface area contributed by atoms with E-state index in [1.807, 2.05) is 0 Å². The van der Waals surface area contributed by atoms with Gasteiger partial charge >= 0.3 is 34.1 Å². The van der Waals surface area contributed by atoms with Crippen molar-refractivity contribution in [2.24, 2.45) is 0 Å². The highest BCUT2D eigenvalue weighted by Crippen LogP contribution is 2.55. The molecule has 7 aromatic rings. The molecular formula is C44H15Cl8N11O14. The van der Waals surface area contributed by atoms with E-state index in [9.17, 15) is 70.8 Å². The largest absolute Gasteiger partial charge is 0.374 e. The molecule has 0 unspecified atom stereocenters. The summed E-state index contributed by atoms with van der Waals surface area (Å²) in [6.07, 6.45) is 0.628. The van der Waals surface area contributed by atoms with Crippen LogP contribution in [0, 0.1) is 70.8 Å². The van der Waals surface area contributed by atoms with Gasteiger partial charge in [-0.05, 0) is 48.5 Å². The quantitative estimate of drug-likeness (QED) is 0.0897. The van der Waals surface area contributed by atoms with Crippen LogP contribution < -0.4 is 0 Å². The van der Waals surface area contributed by atoms with Gasteiger partial charge in [-0.1, -0.05) is 117 Å². The van der Waals surface area contributed by atoms with Gasteiger partial charge in [0, 0.05) is 50.6 Å². The van der Waals surface area contributed by atoms with E-state index in [1.54, 1.807) is 0 Å². The Morgan fingerprint density at radius 2 is 0.584 bits per heavy atom. The molecule has 0 amide bonds. The molecule has 0 spiro atoms. The maximum atomic E-state index is 13.7. The summed E-state index contributed by atoms with van der Waals surface area (Å²) < 4.78 is 0. The first-order valence-electron chi connectivity index (χ1n) is 20.6. The Bertz CT molecular complexity index is 4160. The number of hydrogen-bond donors (Lipinski definition) is 2. The summed E-state index contributed by atoms with van der Waals surface area (Å²) >= 11 is 54.1. The molecule has 25 nitrogen and oxygen atoms in total. The van der Waals surface area contributed by atoms with Gasteiger partial charge in [0.2, 0.25) is 0 Å². The zero-order valence-electron chi connectivity index (χ0n) is 36.8. The second-order valence-corrected chi connectivity index (χ2v) is 19.0. The molecule has 2 aliphatic rings. The normalized spacial score (nSPS) is 12.1. The number of benzene rings is 4. The molecule has 2 aliphatic heterocycles. The number of aromatic amines is 2. The van der Waals surface area contributed by atoms with Crippen molar-refractivity contribution in [3.05, 3.63) is 207 Å². The summed E-state index contributed by atoms with van der Waals surface area (Å²) in [4.78, 5) is 100.0. The fourth-order valence-corrected chi connectivity index (χ4v) is 11.1. The Morgan fingerprint density at radius 1 is 0.325 bits per heavy atom. The number of nitro groups is 7. The van der Waals surface area contributed by atoms with E-state index < -0.39 is 204 Å². The first-order chi connectivity index (χ1) is 36.4. The smallest absolute Gasteiger partial charge is 0.343 e. The molecule has 8 bridgehead atoms. The number of H-pyrrole nitrogens is 2. The van der Waals surface area contributed by atoms with Gasteiger partial charge in [-0.25, -0.2) is 9.97 Å². The summed E-state index contributed by atoms with van der Waals surface area (Å²) in [5, 5.41) is 91.4. The second kappa shape index (κ2) is 19.9. The number of halogens is 8. The van der Waals surface area contributed by atoms with Gasteiger partial charge in [-0.3, -0.25) is 70.8 Å². The van der Waals surface area contributed by atoms with Crippen molar-refractivity contribution in [3.8, 4) is 44.5 Å². The van der Waals surface area contributed by atoms with Gasteiger partial charge < -0.3 is 9.97 Å². The molecule has 0 fully saturated rings. The summed E-state index contributed by atoms with van der Waals surface area (Å²) in [6.45, 7) is 0. The number of hydrogen-bond acceptors (Lipinski definition) is 16. The molecule has 3 aromatic heterocycles. The van der Waals surface area contributed by atoms with E-state index in [1.165, 1.54) is 36.4 Å². The van der Waals surface area contributed by atoms with Crippen LogP contribution in [0.2, 0.25) is 40.2 Å². The van der Waals surface area contributed by atoms with Crippen LogP contribution in [0.3, 0.4) is 0 Å². The predicted octanol–water partition coefficient (Wildman–Crippen LogP) is 15.0. The Balaban J connectivity index is 1.85. The van der Waals surface area contributed by atoms with Crippen LogP contribution in [0.4, 0.5) is 22.7 Å². The Morgan fingerprint density at radius 3 is 0.844 bits per heavy atom. The molecule has 0 saturated carbocycles. The Kier molecular flexibility index (Phi) is 13.8. The van der Waals surface area contributed by atoms with Gasteiger partial charge in [0.15, 0.2) is 17.1 Å². The molecule has 33 heteroatoms. The summed E-state index contributed by atoms with van der Waals surface area (Å²) in [7, 11) is 0. The molecular weight excluding hydrogens is 1190 g/mol. The highest BCUT2D eigenvalue weighted by molar-refractivity contribution is 6.42. The van der Waals surface area contributed by atoms with Gasteiger partial charge in [-0.15, -0.1) is 0 Å². The lowest BCUT2D eigenvalue weighted by molar-refractivity contribution is -0.419. The SMILES string of the molecule is O=[N+]([O-])C1=Cc2nc1c(-c1c(Cl)cccc1Cl)c1[nH]c(c(-c3c(Cl)cccc3Cl)c3nc(c(-c4c(Cl)cccc4Cl)c4[nH]c(c2-c2c(Cl)cccc2Cl)c([N+](=O)[O-])c4[N+](=O)[O-])C([N+](=O)[O-])=C3[N+](=O)[O-])c([N+](=O)[O-])c1[N+](=O)[O-]. The standard InChI is InChI=1S/C44H15Cl8N11O14/c45-14-5-1-6-15(46)24(14)28-22-13-23(57(64)65)32(53-22)29(25-16(47)7-2-8-17(25)48)34-40(59(68)69)42(61(72)73)36(55-34)31(27-20(51)11-4-12-21(27)52)38-44(63(76)77)43(62(74)75)37(56-38)30(26-18(49)9-3-10-19(26)50)35-41(60(70)71)39(58(66)67)33(28)54-35/h1-13,54-55H. The lowest BCUT2D eigenvalue weighted by Crippen LogP contribution is -2.06. The third kappa shape index (κ3) is 8.63. The minimum Gasteiger partial charge on any atom is -0.343 e. The van der Waals surface area contributed by atoms with Crippen molar-refractivity contribution in [3.63, 3.8) is 0 Å². The molecule has 2 N–H and O–H groups in total. The number of nitrogens with one attached hydrogen (secondary N) is 2. The van der Waals surface area contributed by atoms with Crippen LogP contribution in [-0.2, 0) is 0 Å². The molecule has 0 radical (unpaired) electrons. The van der Waals surface area contributed by atoms with Crippen molar-refractivity contribution in [1.29, 1.82) is 0 Å². The van der Waals surface area contributed by atoms with E-state index in [-0.39, 0.29) is 0 Å². The van der Waals surface area contributed by atoms with Crippen LogP contribution >= 0.6 is 92.8 Å². The Labute approximate surface area is 463 Å². The van der Waals surface area contributed by atoms with Crippen molar-refractivity contribution in [1.82, 2.24) is 19.9 Å². The zero-order chi connectivity index (χ0) is 56.0. The highest BCUT2D eigenvalue weighted by Gasteiger charge is 2.48. The predicted molar refractivity (Wildman–Crippen MR) is 285 cm³/mol. The molecule has 0 atom stereocenters. The van der Waals surface area contributed by atoms with E-state index in [0.717, 1.165) is 36.4 Å². The molecule has 5 heterocycles. The van der Waals surface area contributed by atoms with Crippen LogP contribution in [0.5, 0.6) is 0 Å². The molecule has 386 valence electrons. The monoisotopic (exact) mass is 1200 g/mol. The van der Waals surface area contributed by atoms with Gasteiger partial charge in [0.05, 0.1) is 80.3 Å². The van der Waals surface area contributed by atoms with Crippen LogP contribution in [-0.4, -0.2) is 54.4 Å². The van der Waals surface area contributed by atoms with Crippen molar-refractivity contribution in [2.45, 2.75) is 0 Å². The lowest BCUT2D eigenvalue weighted by Gasteiger charge is -2.10. The molecule has 0 saturated heterocycles. The fraction of sp³-hybridized carbons (Fsp3) is 0. The third-order valence-corrected chi connectivity index (χ3v) is 14.2. The minimum atomic E-state index is -1.72. The van der Waals surface area contributed by atoms with Crippen molar-refractivity contribution < 1.29 is 34.5 Å². The molecule has 77 heavy (non-hydrogen) atoms. The van der Waals surface area contributed by atoms with Crippen molar-refractivity contribution >= 4 is 161 Å². The summed E-state index contributed by atoms with van der Waals surface area (Å²) in [5.74, 6) is 0. The number of nitrogens with zero attached hydrogens (tertiary/aromatic N) is 9. The van der Waals surface area contributed by atoms with Gasteiger partial charge in [-0.2, -0.15) is 0 Å². The van der Waals surface area contributed by atoms with Crippen LogP contribution in [0.1, 0.15) is 22.8 Å². The maximum absolute atomic E-state index is 13.7. The summed E-state index contributed by atoms with van der Waals surface area (Å²) in [5.41, 5.74) is -26.5. The highest BCUT2D eigenvalue weighted by atomic mass is 35.5. The first kappa shape index (κ1) is 53.4. The summed E-state index contributed by atoms with van der Waals surface area (Å²) in [6, 6.07) is 13.9. The van der Waals surface area contributed by atoms with Crippen LogP contribution in [0.25, 0.3) is 89.7 Å². The zero-order valence-corrected chi connectivity index (χ0v) is 42.8. The lowest BCUT2D eigenvalue weighted by atomic mass is 9.99. The first-order valence-corrected chi connectivity index (χ1v) is 23.6. The minimum absolute atomic E-state index is 0.422. The average molecular weight is 1210 g/mol. The third-order valence-electron chi connectivity index (χ3n) is 11.7. The van der Waals surface area contributed by atoms with E-state index in [0.29, 0.717) is 6.08 Å². The maximum Gasteiger partial charge on any atom is 0.374 e. The molecule has 4 aromatic carbocycles. The average Bonchev–Trinajstić information content (AvgIpc) is 4.16. The second-order valence-electron chi connectivity index (χ2n) is 15.7. The molecule has 9 rings (SSSR count). The Hall–Kier alpha value is -8.40. The number of rotatable bonds is 11. The van der Waals surface area contributed by atoms with E-state index in [4.69, 9.17) is 92.8 Å². The number of aromatic nitrogens is 4. The molecule has 0 aliphatic carbocycles. The van der Waals surface area contributed by atoms with Crippen molar-refractivity contribution in [2.75, 3.05) is 0 Å². The fourth-order valence-electron chi connectivity index (χ4n) is 8.80. The van der Waals surface area contributed by atoms with Gasteiger partial charge in [0.25, 0.3) is 5.70 Å². The van der Waals surface area contributed by atoms with E-state index >= 15 is 0 Å².